The summed E-state index contributed by atoms with van der Waals surface area (Å²) in [5.74, 6) is -0.286. The summed E-state index contributed by atoms with van der Waals surface area (Å²) in [4.78, 5) is 11.6. The van der Waals surface area contributed by atoms with Gasteiger partial charge in [-0.25, -0.2) is 0 Å². The normalized spacial score (nSPS) is 14.0. The van der Waals surface area contributed by atoms with E-state index in [2.05, 4.69) is 10.6 Å². The van der Waals surface area contributed by atoms with Gasteiger partial charge >= 0.3 is 12.4 Å². The minimum atomic E-state index is -5.28. The minimum absolute atomic E-state index is 0.0678. The zero-order chi connectivity index (χ0) is 24.9. The molecule has 0 bridgehead atoms. The number of carbonyl (C=O) groups is 1. The van der Waals surface area contributed by atoms with Gasteiger partial charge in [-0.3, -0.25) is 4.79 Å². The van der Waals surface area contributed by atoms with Crippen LogP contribution in [0.15, 0.2) is 42.5 Å². The van der Waals surface area contributed by atoms with Crippen LogP contribution in [0.25, 0.3) is 0 Å². The molecule has 0 aliphatic heterocycles. The fourth-order valence-corrected chi connectivity index (χ4v) is 3.07. The molecule has 0 saturated carbocycles. The smallest absolute Gasteiger partial charge is 0.384 e. The number of rotatable bonds is 9. The van der Waals surface area contributed by atoms with E-state index in [0.717, 1.165) is 12.1 Å². The van der Waals surface area contributed by atoms with E-state index < -0.39 is 35.6 Å². The Morgan fingerprint density at radius 2 is 1.73 bits per heavy atom. The van der Waals surface area contributed by atoms with Gasteiger partial charge in [0.1, 0.15) is 0 Å². The third-order valence-corrected chi connectivity index (χ3v) is 5.10. The summed E-state index contributed by atoms with van der Waals surface area (Å²) in [6, 6.07) is 6.54. The van der Waals surface area contributed by atoms with Gasteiger partial charge in [0.05, 0.1) is 18.7 Å². The van der Waals surface area contributed by atoms with Gasteiger partial charge < -0.3 is 20.5 Å². The highest BCUT2D eigenvalue weighted by atomic mass is 35.5. The van der Waals surface area contributed by atoms with E-state index >= 15 is 0 Å². The van der Waals surface area contributed by atoms with Crippen LogP contribution in [0.3, 0.4) is 0 Å². The fourth-order valence-electron chi connectivity index (χ4n) is 2.83. The van der Waals surface area contributed by atoms with E-state index in [1.807, 2.05) is 0 Å². The van der Waals surface area contributed by atoms with E-state index in [9.17, 15) is 36.2 Å². The molecule has 33 heavy (non-hydrogen) atoms. The van der Waals surface area contributed by atoms with Crippen molar-refractivity contribution >= 4 is 23.2 Å². The molecule has 0 saturated heterocycles. The molecule has 1 atom stereocenters. The van der Waals surface area contributed by atoms with Crippen molar-refractivity contribution in [2.75, 3.05) is 25.6 Å². The lowest BCUT2D eigenvalue weighted by atomic mass is 9.91. The van der Waals surface area contributed by atoms with Gasteiger partial charge in [0.25, 0.3) is 0 Å². The number of nitrogens with one attached hydrogen (secondary N) is 2. The molecular formula is C21H21ClF6N2O3. The largest absolute Gasteiger partial charge is 0.423 e. The lowest BCUT2D eigenvalue weighted by molar-refractivity contribution is -0.260. The van der Waals surface area contributed by atoms with Crippen molar-refractivity contribution in [2.24, 2.45) is 0 Å². The molecule has 1 amide bonds. The number of alkyl halides is 6. The van der Waals surface area contributed by atoms with E-state index in [1.165, 1.54) is 25.3 Å². The fraction of sp³-hybridized carbons (Fsp3) is 0.381. The Kier molecular flexibility index (Phi) is 8.61. The topological polar surface area (TPSA) is 70.6 Å². The van der Waals surface area contributed by atoms with Crippen LogP contribution in [0, 0.1) is 0 Å². The van der Waals surface area contributed by atoms with Crippen LogP contribution in [-0.2, 0) is 27.9 Å². The van der Waals surface area contributed by atoms with Crippen LogP contribution in [0.4, 0.5) is 32.0 Å². The van der Waals surface area contributed by atoms with E-state index in [4.69, 9.17) is 16.3 Å². The van der Waals surface area contributed by atoms with Gasteiger partial charge in [0, 0.05) is 30.8 Å². The zero-order valence-electron chi connectivity index (χ0n) is 17.3. The lowest BCUT2D eigenvalue weighted by Crippen LogP contribution is -2.48. The number of methoxy groups -OCH3 is 1. The number of aliphatic hydroxyl groups is 1. The van der Waals surface area contributed by atoms with Crippen molar-refractivity contribution in [3.8, 4) is 0 Å². The van der Waals surface area contributed by atoms with Crippen molar-refractivity contribution in [3.05, 3.63) is 64.2 Å². The van der Waals surface area contributed by atoms with Crippen molar-refractivity contribution < 1.29 is 41.0 Å². The first kappa shape index (κ1) is 26.7. The summed E-state index contributed by atoms with van der Waals surface area (Å²) in [5, 5.41) is 15.5. The molecule has 0 aliphatic rings. The maximum atomic E-state index is 13.7. The second-order valence-corrected chi connectivity index (χ2v) is 7.52. The molecule has 3 N–H and O–H groups in total. The van der Waals surface area contributed by atoms with Crippen LogP contribution in [0.5, 0.6) is 0 Å². The van der Waals surface area contributed by atoms with Gasteiger partial charge in [0.2, 0.25) is 11.5 Å². The molecule has 0 unspecified atom stereocenters. The minimum Gasteiger partial charge on any atom is -0.384 e. The molecule has 5 nitrogen and oxygen atoms in total. The number of hydrogen-bond donors (Lipinski definition) is 3. The highest BCUT2D eigenvalue weighted by molar-refractivity contribution is 6.31. The van der Waals surface area contributed by atoms with Crippen LogP contribution in [0.2, 0.25) is 5.02 Å². The molecule has 2 aromatic carbocycles. The lowest BCUT2D eigenvalue weighted by Gasteiger charge is -2.32. The molecule has 0 spiro atoms. The summed E-state index contributed by atoms with van der Waals surface area (Å²) >= 11 is 6.12. The van der Waals surface area contributed by atoms with E-state index in [1.54, 1.807) is 0 Å². The van der Waals surface area contributed by atoms with Crippen molar-refractivity contribution in [1.29, 1.82) is 0 Å². The molecule has 2 aromatic rings. The number of carbonyl (C=O) groups excluding carboxylic acids is 1. The van der Waals surface area contributed by atoms with Crippen LogP contribution in [-0.4, -0.2) is 37.5 Å². The Bertz CT molecular complexity index is 968. The molecule has 0 aromatic heterocycles. The van der Waals surface area contributed by atoms with Crippen LogP contribution >= 0.6 is 11.6 Å². The molecule has 12 heteroatoms. The Labute approximate surface area is 190 Å². The highest BCUT2D eigenvalue weighted by Gasteiger charge is 2.55. The third kappa shape index (κ3) is 6.99. The zero-order valence-corrected chi connectivity index (χ0v) is 18.0. The predicted molar refractivity (Wildman–Crippen MR) is 110 cm³/mol. The summed E-state index contributed by atoms with van der Waals surface area (Å²) in [7, 11) is 1.45. The van der Waals surface area contributed by atoms with Gasteiger partial charge in [-0.05, 0) is 35.4 Å². The number of ether oxygens (including phenoxy) is 1. The van der Waals surface area contributed by atoms with Crippen LogP contribution in [0.1, 0.15) is 23.1 Å². The first-order chi connectivity index (χ1) is 15.3. The monoisotopic (exact) mass is 498 g/mol. The van der Waals surface area contributed by atoms with Gasteiger partial charge in [-0.2, -0.15) is 26.3 Å². The molecule has 0 fully saturated rings. The molecule has 0 radical (unpaired) electrons. The third-order valence-electron chi connectivity index (χ3n) is 4.75. The number of anilines is 1. The number of halogens is 7. The quantitative estimate of drug-likeness (QED) is 0.431. The second kappa shape index (κ2) is 10.6. The summed E-state index contributed by atoms with van der Waals surface area (Å²) in [5.41, 5.74) is -5.31. The number of benzene rings is 2. The van der Waals surface area contributed by atoms with Crippen molar-refractivity contribution in [2.45, 2.75) is 30.9 Å². The highest BCUT2D eigenvalue weighted by Crippen LogP contribution is 2.41. The Hall–Kier alpha value is -2.50. The maximum Gasteiger partial charge on any atom is 0.423 e. The molecule has 2 rings (SSSR count). The van der Waals surface area contributed by atoms with Crippen molar-refractivity contribution in [3.63, 3.8) is 0 Å². The Morgan fingerprint density at radius 3 is 2.30 bits per heavy atom. The van der Waals surface area contributed by atoms with E-state index in [-0.39, 0.29) is 42.3 Å². The predicted octanol–water partition coefficient (Wildman–Crippen LogP) is 4.87. The summed E-state index contributed by atoms with van der Waals surface area (Å²) in [6.45, 7) is -0.865. The maximum absolute atomic E-state index is 13.7. The van der Waals surface area contributed by atoms with E-state index in [0.29, 0.717) is 11.6 Å². The SMILES string of the molecule is COCCC(=O)NCc1ccc(NC[C@](O)(c2cccc(C(F)(F)F)c2)C(F)(F)F)cc1Cl. The van der Waals surface area contributed by atoms with Crippen LogP contribution < -0.4 is 10.6 Å². The number of hydrogen-bond acceptors (Lipinski definition) is 4. The standard InChI is InChI=1S/C21H21ClF6N2O3/c1-33-8-7-18(31)29-11-13-5-6-16(10-17(13)22)30-12-19(32,21(26,27)28)14-3-2-4-15(9-14)20(23,24)25/h2-6,9-10,30,32H,7-8,11-12H2,1H3,(H,29,31)/t19-/m0/s1. The Balaban J connectivity index is 2.17. The average molecular weight is 499 g/mol. The summed E-state index contributed by atoms with van der Waals surface area (Å²) in [6.07, 6.45) is -10.0. The molecule has 0 aliphatic carbocycles. The second-order valence-electron chi connectivity index (χ2n) is 7.12. The first-order valence-electron chi connectivity index (χ1n) is 9.52. The average Bonchev–Trinajstić information content (AvgIpc) is 2.74. The van der Waals surface area contributed by atoms with Crippen molar-refractivity contribution in [1.82, 2.24) is 5.32 Å². The number of amides is 1. The summed E-state index contributed by atoms with van der Waals surface area (Å²) < 4.78 is 84.6. The molecule has 0 heterocycles. The molecular weight excluding hydrogens is 478 g/mol. The van der Waals surface area contributed by atoms with Gasteiger partial charge in [0.15, 0.2) is 0 Å². The van der Waals surface area contributed by atoms with Gasteiger partial charge in [-0.15, -0.1) is 0 Å². The first-order valence-corrected chi connectivity index (χ1v) is 9.90. The van der Waals surface area contributed by atoms with Gasteiger partial charge in [-0.1, -0.05) is 29.8 Å². The Morgan fingerprint density at radius 1 is 1.06 bits per heavy atom. The molecule has 182 valence electrons.